The Balaban J connectivity index is 1.75. The van der Waals surface area contributed by atoms with Gasteiger partial charge in [-0.2, -0.15) is 5.10 Å². The van der Waals surface area contributed by atoms with Crippen molar-refractivity contribution in [2.75, 3.05) is 6.54 Å². The lowest BCUT2D eigenvalue weighted by atomic mass is 10.1. The number of aromatic amines is 1. The molecule has 0 bridgehead atoms. The normalized spacial score (nSPS) is 18.3. The average Bonchev–Trinajstić information content (AvgIpc) is 2.77. The van der Waals surface area contributed by atoms with Crippen LogP contribution in [0, 0.1) is 0 Å². The minimum Gasteiger partial charge on any atom is -0.352 e. The number of nitrogens with zero attached hydrogens (tertiary/aromatic N) is 1. The lowest BCUT2D eigenvalue weighted by Gasteiger charge is -2.16. The number of benzene rings is 1. The molecule has 1 unspecified atom stereocenters. The second-order valence-electron chi connectivity index (χ2n) is 5.67. The lowest BCUT2D eigenvalue weighted by Crippen LogP contribution is -2.42. The molecule has 3 rings (SSSR count). The monoisotopic (exact) mass is 314 g/mol. The predicted molar refractivity (Wildman–Crippen MR) is 85.1 cm³/mol. The zero-order chi connectivity index (χ0) is 16.2. The molecule has 1 atom stereocenters. The number of hydrogen-bond donors (Lipinski definition) is 3. The standard InChI is InChI=1S/C16H18N4O3/c21-13-8-4-1-5-10(18-13)9-17-16(23)14-11-6-2-3-7-12(11)15(22)20-19-14/h2-3,6-7,10H,1,4-5,8-9H2,(H,17,23)(H,18,21)(H,20,22). The van der Waals surface area contributed by atoms with Gasteiger partial charge in [0.25, 0.3) is 11.5 Å². The van der Waals surface area contributed by atoms with Gasteiger partial charge in [0.15, 0.2) is 5.69 Å². The molecule has 1 aromatic carbocycles. The number of carbonyl (C=O) groups excluding carboxylic acids is 2. The molecule has 0 spiro atoms. The molecular formula is C16H18N4O3. The molecule has 2 aromatic rings. The van der Waals surface area contributed by atoms with Gasteiger partial charge in [-0.3, -0.25) is 14.4 Å². The van der Waals surface area contributed by atoms with Gasteiger partial charge < -0.3 is 10.6 Å². The first-order valence-electron chi connectivity index (χ1n) is 7.70. The van der Waals surface area contributed by atoms with Gasteiger partial charge in [0.2, 0.25) is 5.91 Å². The number of carbonyl (C=O) groups is 2. The Morgan fingerprint density at radius 3 is 2.83 bits per heavy atom. The highest BCUT2D eigenvalue weighted by Gasteiger charge is 2.19. The quantitative estimate of drug-likeness (QED) is 0.776. The maximum Gasteiger partial charge on any atom is 0.272 e. The maximum atomic E-state index is 12.4. The smallest absolute Gasteiger partial charge is 0.272 e. The summed E-state index contributed by atoms with van der Waals surface area (Å²) >= 11 is 0. The van der Waals surface area contributed by atoms with E-state index < -0.39 is 0 Å². The fourth-order valence-corrected chi connectivity index (χ4v) is 2.79. The summed E-state index contributed by atoms with van der Waals surface area (Å²) in [4.78, 5) is 35.7. The summed E-state index contributed by atoms with van der Waals surface area (Å²) < 4.78 is 0. The first-order chi connectivity index (χ1) is 11.1. The van der Waals surface area contributed by atoms with Gasteiger partial charge in [-0.25, -0.2) is 5.10 Å². The van der Waals surface area contributed by atoms with Crippen molar-refractivity contribution in [3.63, 3.8) is 0 Å². The third-order valence-electron chi connectivity index (χ3n) is 3.99. The molecule has 120 valence electrons. The van der Waals surface area contributed by atoms with Crippen molar-refractivity contribution in [3.8, 4) is 0 Å². The molecule has 0 aliphatic carbocycles. The van der Waals surface area contributed by atoms with E-state index in [4.69, 9.17) is 0 Å². The predicted octanol–water partition coefficient (Wildman–Crippen LogP) is 0.712. The highest BCUT2D eigenvalue weighted by molar-refractivity contribution is 6.04. The number of fused-ring (bicyclic) bond motifs is 1. The van der Waals surface area contributed by atoms with E-state index in [9.17, 15) is 14.4 Å². The third kappa shape index (κ3) is 3.39. The average molecular weight is 314 g/mol. The van der Waals surface area contributed by atoms with Crippen molar-refractivity contribution < 1.29 is 9.59 Å². The van der Waals surface area contributed by atoms with E-state index in [-0.39, 0.29) is 29.1 Å². The Labute approximate surface area is 132 Å². The van der Waals surface area contributed by atoms with Crippen LogP contribution in [0.25, 0.3) is 10.8 Å². The van der Waals surface area contributed by atoms with Crippen molar-refractivity contribution in [1.82, 2.24) is 20.8 Å². The summed E-state index contributed by atoms with van der Waals surface area (Å²) in [6.45, 7) is 0.347. The SMILES string of the molecule is O=C1CCCCC(CNC(=O)c2n[nH]c(=O)c3ccccc23)N1. The van der Waals surface area contributed by atoms with Gasteiger partial charge in [-0.1, -0.05) is 24.6 Å². The fraction of sp³-hybridized carbons (Fsp3) is 0.375. The molecule has 0 radical (unpaired) electrons. The number of hydrogen-bond acceptors (Lipinski definition) is 4. The van der Waals surface area contributed by atoms with Crippen LogP contribution in [0.2, 0.25) is 0 Å². The van der Waals surface area contributed by atoms with Crippen molar-refractivity contribution in [1.29, 1.82) is 0 Å². The van der Waals surface area contributed by atoms with Crippen LogP contribution in [0.3, 0.4) is 0 Å². The van der Waals surface area contributed by atoms with Crippen LogP contribution in [0.4, 0.5) is 0 Å². The second kappa shape index (κ2) is 6.60. The Bertz CT molecular complexity index is 799. The number of rotatable bonds is 3. The van der Waals surface area contributed by atoms with E-state index in [1.807, 2.05) is 0 Å². The Kier molecular flexibility index (Phi) is 4.36. The van der Waals surface area contributed by atoms with Crippen LogP contribution in [-0.2, 0) is 4.79 Å². The van der Waals surface area contributed by atoms with Crippen LogP contribution >= 0.6 is 0 Å². The number of amides is 2. The summed E-state index contributed by atoms with van der Waals surface area (Å²) in [7, 11) is 0. The van der Waals surface area contributed by atoms with E-state index in [1.165, 1.54) is 0 Å². The molecule has 7 nitrogen and oxygen atoms in total. The molecule has 1 fully saturated rings. The minimum atomic E-state index is -0.365. The van der Waals surface area contributed by atoms with E-state index in [1.54, 1.807) is 24.3 Å². The van der Waals surface area contributed by atoms with Crippen LogP contribution < -0.4 is 16.2 Å². The van der Waals surface area contributed by atoms with Gasteiger partial charge in [0.1, 0.15) is 0 Å². The molecular weight excluding hydrogens is 296 g/mol. The third-order valence-corrected chi connectivity index (χ3v) is 3.99. The van der Waals surface area contributed by atoms with Crippen molar-refractivity contribution in [2.24, 2.45) is 0 Å². The number of nitrogens with one attached hydrogen (secondary N) is 3. The molecule has 1 aromatic heterocycles. The maximum absolute atomic E-state index is 12.4. The number of H-pyrrole nitrogens is 1. The topological polar surface area (TPSA) is 104 Å². The van der Waals surface area contributed by atoms with Gasteiger partial charge in [-0.15, -0.1) is 0 Å². The first kappa shape index (κ1) is 15.2. The summed E-state index contributed by atoms with van der Waals surface area (Å²) in [5.74, 6) is -0.342. The molecule has 1 aliphatic heterocycles. The lowest BCUT2D eigenvalue weighted by molar-refractivity contribution is -0.121. The van der Waals surface area contributed by atoms with Crippen LogP contribution in [0.5, 0.6) is 0 Å². The van der Waals surface area contributed by atoms with Gasteiger partial charge in [0, 0.05) is 24.4 Å². The molecule has 1 aliphatic rings. The van der Waals surface area contributed by atoms with Crippen molar-refractivity contribution in [2.45, 2.75) is 31.7 Å². The molecule has 2 amide bonds. The van der Waals surface area contributed by atoms with Gasteiger partial charge >= 0.3 is 0 Å². The zero-order valence-electron chi connectivity index (χ0n) is 12.6. The Hall–Kier alpha value is -2.70. The fourth-order valence-electron chi connectivity index (χ4n) is 2.79. The van der Waals surface area contributed by atoms with Crippen molar-refractivity contribution >= 4 is 22.6 Å². The number of aromatic nitrogens is 2. The highest BCUT2D eigenvalue weighted by Crippen LogP contribution is 2.13. The second-order valence-corrected chi connectivity index (χ2v) is 5.67. The van der Waals surface area contributed by atoms with E-state index in [0.29, 0.717) is 23.7 Å². The van der Waals surface area contributed by atoms with E-state index >= 15 is 0 Å². The molecule has 0 saturated carbocycles. The molecule has 23 heavy (non-hydrogen) atoms. The van der Waals surface area contributed by atoms with Crippen LogP contribution in [0.15, 0.2) is 29.1 Å². The Morgan fingerprint density at radius 2 is 2.00 bits per heavy atom. The first-order valence-corrected chi connectivity index (χ1v) is 7.70. The zero-order valence-corrected chi connectivity index (χ0v) is 12.6. The summed E-state index contributed by atoms with van der Waals surface area (Å²) in [5, 5.41) is 12.8. The van der Waals surface area contributed by atoms with Crippen LogP contribution in [0.1, 0.15) is 36.2 Å². The largest absolute Gasteiger partial charge is 0.352 e. The van der Waals surface area contributed by atoms with Crippen LogP contribution in [-0.4, -0.2) is 34.6 Å². The minimum absolute atomic E-state index is 0.0226. The molecule has 2 heterocycles. The summed E-state index contributed by atoms with van der Waals surface area (Å²) in [6.07, 6.45) is 3.21. The summed E-state index contributed by atoms with van der Waals surface area (Å²) in [5.41, 5.74) is -0.145. The van der Waals surface area contributed by atoms with Gasteiger partial charge in [0.05, 0.1) is 5.39 Å². The molecule has 3 N–H and O–H groups in total. The van der Waals surface area contributed by atoms with Crippen molar-refractivity contribution in [3.05, 3.63) is 40.3 Å². The Morgan fingerprint density at radius 1 is 1.22 bits per heavy atom. The highest BCUT2D eigenvalue weighted by atomic mass is 16.2. The van der Waals surface area contributed by atoms with Gasteiger partial charge in [-0.05, 0) is 18.9 Å². The summed E-state index contributed by atoms with van der Waals surface area (Å²) in [6, 6.07) is 6.77. The van der Waals surface area contributed by atoms with E-state index in [0.717, 1.165) is 19.3 Å². The molecule has 7 heteroatoms. The molecule has 1 saturated heterocycles. The van der Waals surface area contributed by atoms with E-state index in [2.05, 4.69) is 20.8 Å².